The molecule has 0 heterocycles. The standard InChI is InChI=1S/C23H17BrClF2N3O3/c1-13(29-30-23(32)22(31)28-21-10-7-15(24)11-20(21)27)14-5-8-16(9-6-14)33-12-17-18(25)3-2-4-19(17)26/h2-11H,12H2,1H3,(H,28,31)(H,30,32). The number of nitrogens with zero attached hydrogens (tertiary/aromatic N) is 1. The van der Waals surface area contributed by atoms with Crippen molar-refractivity contribution in [1.82, 2.24) is 5.43 Å². The van der Waals surface area contributed by atoms with E-state index >= 15 is 0 Å². The zero-order chi connectivity index (χ0) is 24.0. The van der Waals surface area contributed by atoms with Crippen LogP contribution in [0.4, 0.5) is 14.5 Å². The average molecular weight is 537 g/mol. The minimum Gasteiger partial charge on any atom is -0.489 e. The molecule has 170 valence electrons. The number of rotatable bonds is 6. The summed E-state index contributed by atoms with van der Waals surface area (Å²) in [5.74, 6) is -2.79. The first-order chi connectivity index (χ1) is 15.7. The number of hydrogen-bond donors (Lipinski definition) is 2. The van der Waals surface area contributed by atoms with Gasteiger partial charge in [-0.3, -0.25) is 9.59 Å². The normalized spacial score (nSPS) is 11.1. The molecule has 0 aliphatic carbocycles. The molecule has 0 fully saturated rings. The number of hydrazone groups is 1. The first kappa shape index (κ1) is 24.3. The highest BCUT2D eigenvalue weighted by Gasteiger charge is 2.15. The van der Waals surface area contributed by atoms with Gasteiger partial charge >= 0.3 is 11.8 Å². The number of carbonyl (C=O) groups excluding carboxylic acids is 2. The molecule has 0 radical (unpaired) electrons. The number of benzene rings is 3. The lowest BCUT2D eigenvalue weighted by atomic mass is 10.1. The van der Waals surface area contributed by atoms with Crippen LogP contribution in [0.5, 0.6) is 5.75 Å². The third kappa shape index (κ3) is 6.59. The molecule has 0 aliphatic heterocycles. The molecule has 2 N–H and O–H groups in total. The van der Waals surface area contributed by atoms with Gasteiger partial charge in [-0.15, -0.1) is 0 Å². The van der Waals surface area contributed by atoms with Crippen LogP contribution in [-0.4, -0.2) is 17.5 Å². The zero-order valence-electron chi connectivity index (χ0n) is 17.2. The van der Waals surface area contributed by atoms with Crippen LogP contribution in [0.1, 0.15) is 18.1 Å². The van der Waals surface area contributed by atoms with E-state index < -0.39 is 23.4 Å². The van der Waals surface area contributed by atoms with Crippen molar-refractivity contribution in [1.29, 1.82) is 0 Å². The lowest BCUT2D eigenvalue weighted by Gasteiger charge is -2.09. The predicted octanol–water partition coefficient (Wildman–Crippen LogP) is 5.44. The molecule has 0 saturated carbocycles. The lowest BCUT2D eigenvalue weighted by Crippen LogP contribution is -2.33. The largest absolute Gasteiger partial charge is 0.489 e. The first-order valence-corrected chi connectivity index (χ1v) is 10.7. The van der Waals surface area contributed by atoms with E-state index in [9.17, 15) is 18.4 Å². The number of carbonyl (C=O) groups is 2. The van der Waals surface area contributed by atoms with E-state index in [-0.39, 0.29) is 22.9 Å². The number of hydrogen-bond acceptors (Lipinski definition) is 4. The molecule has 0 spiro atoms. The molecule has 0 saturated heterocycles. The lowest BCUT2D eigenvalue weighted by molar-refractivity contribution is -0.136. The maximum Gasteiger partial charge on any atom is 0.329 e. The second kappa shape index (κ2) is 11.0. The van der Waals surface area contributed by atoms with Crippen LogP contribution >= 0.6 is 27.5 Å². The maximum atomic E-state index is 13.8. The van der Waals surface area contributed by atoms with Crippen molar-refractivity contribution in [3.8, 4) is 5.75 Å². The number of amides is 2. The van der Waals surface area contributed by atoms with Crippen molar-refractivity contribution < 1.29 is 23.1 Å². The van der Waals surface area contributed by atoms with E-state index in [2.05, 4.69) is 31.8 Å². The minimum atomic E-state index is -1.07. The SMILES string of the molecule is CC(=NNC(=O)C(=O)Nc1ccc(Br)cc1F)c1ccc(OCc2c(F)cccc2Cl)cc1. The van der Waals surface area contributed by atoms with Crippen LogP contribution in [0.2, 0.25) is 5.02 Å². The summed E-state index contributed by atoms with van der Waals surface area (Å²) in [4.78, 5) is 23.9. The Hall–Kier alpha value is -3.30. The Kier molecular flexibility index (Phi) is 8.13. The Morgan fingerprint density at radius 1 is 1.03 bits per heavy atom. The van der Waals surface area contributed by atoms with E-state index in [0.29, 0.717) is 21.5 Å². The third-order valence-corrected chi connectivity index (χ3v) is 5.28. The predicted molar refractivity (Wildman–Crippen MR) is 125 cm³/mol. The molecule has 0 bridgehead atoms. The summed E-state index contributed by atoms with van der Waals surface area (Å²) in [6.07, 6.45) is 0. The van der Waals surface area contributed by atoms with Crippen molar-refractivity contribution in [2.75, 3.05) is 5.32 Å². The molecule has 3 aromatic rings. The fourth-order valence-electron chi connectivity index (χ4n) is 2.64. The maximum absolute atomic E-state index is 13.8. The molecule has 6 nitrogen and oxygen atoms in total. The minimum absolute atomic E-state index is 0.0396. The fraction of sp³-hybridized carbons (Fsp3) is 0.0870. The highest BCUT2D eigenvalue weighted by Crippen LogP contribution is 2.22. The van der Waals surface area contributed by atoms with Crippen molar-refractivity contribution >= 4 is 50.7 Å². The van der Waals surface area contributed by atoms with E-state index in [4.69, 9.17) is 16.3 Å². The fourth-order valence-corrected chi connectivity index (χ4v) is 3.19. The Morgan fingerprint density at radius 2 is 1.76 bits per heavy atom. The van der Waals surface area contributed by atoms with Gasteiger partial charge in [-0.1, -0.05) is 33.6 Å². The topological polar surface area (TPSA) is 79.8 Å². The summed E-state index contributed by atoms with van der Waals surface area (Å²) in [5.41, 5.74) is 3.30. The Bertz CT molecular complexity index is 1200. The zero-order valence-corrected chi connectivity index (χ0v) is 19.5. The van der Waals surface area contributed by atoms with Gasteiger partial charge in [-0.05, 0) is 67.1 Å². The van der Waals surface area contributed by atoms with Gasteiger partial charge in [0, 0.05) is 10.0 Å². The van der Waals surface area contributed by atoms with Gasteiger partial charge in [0.15, 0.2) is 0 Å². The molecule has 3 aromatic carbocycles. The second-order valence-corrected chi connectivity index (χ2v) is 8.05. The highest BCUT2D eigenvalue weighted by atomic mass is 79.9. The Morgan fingerprint density at radius 3 is 2.42 bits per heavy atom. The van der Waals surface area contributed by atoms with E-state index in [1.807, 2.05) is 0 Å². The summed E-state index contributed by atoms with van der Waals surface area (Å²) < 4.78 is 33.7. The number of ether oxygens (including phenoxy) is 1. The number of nitrogens with one attached hydrogen (secondary N) is 2. The van der Waals surface area contributed by atoms with E-state index in [1.165, 1.54) is 24.3 Å². The summed E-state index contributed by atoms with van der Waals surface area (Å²) in [5, 5.41) is 6.34. The molecule has 3 rings (SSSR count). The van der Waals surface area contributed by atoms with Gasteiger partial charge in [0.1, 0.15) is 24.0 Å². The van der Waals surface area contributed by atoms with Crippen LogP contribution in [-0.2, 0) is 16.2 Å². The summed E-state index contributed by atoms with van der Waals surface area (Å²) in [6.45, 7) is 1.59. The number of halogens is 4. The van der Waals surface area contributed by atoms with Crippen molar-refractivity contribution in [2.24, 2.45) is 5.10 Å². The monoisotopic (exact) mass is 535 g/mol. The molecule has 2 amide bonds. The molecular weight excluding hydrogens is 520 g/mol. The second-order valence-electron chi connectivity index (χ2n) is 6.73. The molecule has 0 aromatic heterocycles. The van der Waals surface area contributed by atoms with Crippen LogP contribution in [0.3, 0.4) is 0 Å². The molecular formula is C23H17BrClF2N3O3. The van der Waals surface area contributed by atoms with Crippen molar-refractivity contribution in [3.05, 3.63) is 92.9 Å². The molecule has 0 aliphatic rings. The van der Waals surface area contributed by atoms with Crippen LogP contribution in [0.25, 0.3) is 0 Å². The molecule has 33 heavy (non-hydrogen) atoms. The van der Waals surface area contributed by atoms with Crippen LogP contribution in [0, 0.1) is 11.6 Å². The first-order valence-electron chi connectivity index (χ1n) is 9.51. The van der Waals surface area contributed by atoms with E-state index in [0.717, 1.165) is 6.07 Å². The van der Waals surface area contributed by atoms with Gasteiger partial charge in [-0.2, -0.15) is 5.10 Å². The molecule has 10 heteroatoms. The summed E-state index contributed by atoms with van der Waals surface area (Å²) in [6, 6.07) is 15.1. The quantitative estimate of drug-likeness (QED) is 0.250. The van der Waals surface area contributed by atoms with Crippen molar-refractivity contribution in [3.63, 3.8) is 0 Å². The average Bonchev–Trinajstić information content (AvgIpc) is 2.79. The smallest absolute Gasteiger partial charge is 0.329 e. The van der Waals surface area contributed by atoms with Gasteiger partial charge in [0.05, 0.1) is 16.4 Å². The highest BCUT2D eigenvalue weighted by molar-refractivity contribution is 9.10. The molecule has 0 unspecified atom stereocenters. The van der Waals surface area contributed by atoms with Gasteiger partial charge in [0.25, 0.3) is 0 Å². The van der Waals surface area contributed by atoms with Crippen molar-refractivity contribution in [2.45, 2.75) is 13.5 Å². The summed E-state index contributed by atoms with van der Waals surface area (Å²) >= 11 is 9.09. The van der Waals surface area contributed by atoms with Gasteiger partial charge in [-0.25, -0.2) is 14.2 Å². The van der Waals surface area contributed by atoms with Gasteiger partial charge < -0.3 is 10.1 Å². The van der Waals surface area contributed by atoms with Crippen LogP contribution < -0.4 is 15.5 Å². The van der Waals surface area contributed by atoms with Crippen LogP contribution in [0.15, 0.2) is 70.2 Å². The van der Waals surface area contributed by atoms with E-state index in [1.54, 1.807) is 37.3 Å². The Balaban J connectivity index is 1.56. The summed E-state index contributed by atoms with van der Waals surface area (Å²) in [7, 11) is 0. The number of anilines is 1. The Labute approximate surface area is 201 Å². The molecule has 0 atom stereocenters. The van der Waals surface area contributed by atoms with Gasteiger partial charge in [0.2, 0.25) is 0 Å². The third-order valence-electron chi connectivity index (χ3n) is 4.43.